The third-order valence-corrected chi connectivity index (χ3v) is 3.89. The Balaban J connectivity index is 2.24. The van der Waals surface area contributed by atoms with Crippen LogP contribution in [0.25, 0.3) is 0 Å². The van der Waals surface area contributed by atoms with E-state index in [1.54, 1.807) is 0 Å². The fourth-order valence-corrected chi connectivity index (χ4v) is 3.19. The number of rotatable bonds is 2. The smallest absolute Gasteiger partial charge is 0.315 e. The van der Waals surface area contributed by atoms with Crippen LogP contribution in [0.5, 0.6) is 0 Å². The number of esters is 1. The van der Waals surface area contributed by atoms with Gasteiger partial charge in [-0.05, 0) is 31.6 Å². The van der Waals surface area contributed by atoms with Crippen molar-refractivity contribution in [2.75, 3.05) is 7.11 Å². The van der Waals surface area contributed by atoms with Gasteiger partial charge in [0, 0.05) is 10.8 Å². The number of nitro groups is 1. The molecular formula is C10H15NO4. The molecule has 3 saturated carbocycles. The molecule has 3 fully saturated rings. The zero-order valence-electron chi connectivity index (χ0n) is 8.72. The van der Waals surface area contributed by atoms with Crippen molar-refractivity contribution in [2.24, 2.45) is 17.8 Å². The van der Waals surface area contributed by atoms with Crippen molar-refractivity contribution in [2.45, 2.75) is 31.7 Å². The van der Waals surface area contributed by atoms with Crippen molar-refractivity contribution in [3.05, 3.63) is 10.1 Å². The van der Waals surface area contributed by atoms with E-state index in [1.165, 1.54) is 7.11 Å². The fraction of sp³-hybridized carbons (Fsp3) is 0.900. The first-order chi connectivity index (χ1) is 7.15. The van der Waals surface area contributed by atoms with Gasteiger partial charge in [-0.2, -0.15) is 0 Å². The van der Waals surface area contributed by atoms with Gasteiger partial charge in [-0.1, -0.05) is 0 Å². The van der Waals surface area contributed by atoms with E-state index in [1.807, 2.05) is 0 Å². The highest BCUT2D eigenvalue weighted by atomic mass is 16.6. The summed E-state index contributed by atoms with van der Waals surface area (Å²) in [6.45, 7) is 0. The van der Waals surface area contributed by atoms with Crippen LogP contribution in [-0.2, 0) is 9.53 Å². The van der Waals surface area contributed by atoms with E-state index in [-0.39, 0.29) is 16.8 Å². The quantitative estimate of drug-likeness (QED) is 0.393. The molecule has 0 amide bonds. The molecule has 3 rings (SSSR count). The maximum Gasteiger partial charge on any atom is 0.315 e. The SMILES string of the molecule is COC(=O)C1C2CCC(CC2)C1[N+](=O)[O-]. The third-order valence-electron chi connectivity index (χ3n) is 3.89. The summed E-state index contributed by atoms with van der Waals surface area (Å²) in [6, 6.07) is -0.704. The average molecular weight is 213 g/mol. The van der Waals surface area contributed by atoms with Crippen LogP contribution in [-0.4, -0.2) is 24.0 Å². The minimum Gasteiger partial charge on any atom is -0.469 e. The van der Waals surface area contributed by atoms with E-state index < -0.39 is 17.9 Å². The number of hydrogen-bond acceptors (Lipinski definition) is 4. The second-order valence-electron chi connectivity index (χ2n) is 4.50. The van der Waals surface area contributed by atoms with Gasteiger partial charge in [0.25, 0.3) is 0 Å². The topological polar surface area (TPSA) is 69.4 Å². The second-order valence-corrected chi connectivity index (χ2v) is 4.50. The van der Waals surface area contributed by atoms with Crippen LogP contribution in [0.15, 0.2) is 0 Å². The summed E-state index contributed by atoms with van der Waals surface area (Å²) in [7, 11) is 1.31. The molecule has 0 radical (unpaired) electrons. The Morgan fingerprint density at radius 1 is 1.27 bits per heavy atom. The number of fused-ring (bicyclic) bond motifs is 3. The molecule has 2 atom stereocenters. The van der Waals surface area contributed by atoms with Crippen LogP contribution < -0.4 is 0 Å². The van der Waals surface area contributed by atoms with Gasteiger partial charge in [-0.15, -0.1) is 0 Å². The average Bonchev–Trinajstić information content (AvgIpc) is 2.28. The van der Waals surface area contributed by atoms with Gasteiger partial charge in [-0.3, -0.25) is 14.9 Å². The molecule has 0 aliphatic heterocycles. The lowest BCUT2D eigenvalue weighted by Gasteiger charge is -2.42. The molecule has 0 saturated heterocycles. The monoisotopic (exact) mass is 213 g/mol. The van der Waals surface area contributed by atoms with E-state index in [4.69, 9.17) is 0 Å². The zero-order chi connectivity index (χ0) is 11.0. The number of ether oxygens (including phenoxy) is 1. The van der Waals surface area contributed by atoms with Crippen LogP contribution >= 0.6 is 0 Å². The predicted octanol–water partition coefficient (Wildman–Crippen LogP) is 1.24. The van der Waals surface area contributed by atoms with Gasteiger partial charge in [0.1, 0.15) is 5.92 Å². The number of hydrogen-bond donors (Lipinski definition) is 0. The van der Waals surface area contributed by atoms with Gasteiger partial charge in [0.15, 0.2) is 0 Å². The van der Waals surface area contributed by atoms with Crippen LogP contribution in [0, 0.1) is 27.9 Å². The molecule has 5 heteroatoms. The molecule has 0 aromatic rings. The molecule has 3 aliphatic rings. The molecule has 0 heterocycles. The number of methoxy groups -OCH3 is 1. The van der Waals surface area contributed by atoms with Gasteiger partial charge in [0.05, 0.1) is 7.11 Å². The van der Waals surface area contributed by atoms with E-state index in [0.717, 1.165) is 25.7 Å². The first kappa shape index (κ1) is 10.4. The lowest BCUT2D eigenvalue weighted by Crippen LogP contribution is -2.51. The summed E-state index contributed by atoms with van der Waals surface area (Å²) in [6.07, 6.45) is 3.66. The molecule has 0 N–H and O–H groups in total. The summed E-state index contributed by atoms with van der Waals surface area (Å²) in [5.41, 5.74) is 0. The largest absolute Gasteiger partial charge is 0.469 e. The fourth-order valence-electron chi connectivity index (χ4n) is 3.19. The van der Waals surface area contributed by atoms with E-state index in [2.05, 4.69) is 4.74 Å². The van der Waals surface area contributed by atoms with Gasteiger partial charge in [-0.25, -0.2) is 0 Å². The normalized spacial score (nSPS) is 38.7. The Morgan fingerprint density at radius 3 is 2.27 bits per heavy atom. The van der Waals surface area contributed by atoms with Crippen LogP contribution in [0.1, 0.15) is 25.7 Å². The summed E-state index contributed by atoms with van der Waals surface area (Å²) < 4.78 is 4.68. The van der Waals surface area contributed by atoms with E-state index in [0.29, 0.717) is 0 Å². The minimum atomic E-state index is -0.704. The van der Waals surface area contributed by atoms with Crippen LogP contribution in [0.4, 0.5) is 0 Å². The Hall–Kier alpha value is -1.13. The number of carbonyl (C=O) groups excluding carboxylic acids is 1. The maximum absolute atomic E-state index is 11.5. The highest BCUT2D eigenvalue weighted by molar-refractivity contribution is 5.73. The van der Waals surface area contributed by atoms with Crippen LogP contribution in [0.2, 0.25) is 0 Å². The van der Waals surface area contributed by atoms with Crippen molar-refractivity contribution in [1.82, 2.24) is 0 Å². The lowest BCUT2D eigenvalue weighted by molar-refractivity contribution is -0.548. The molecule has 15 heavy (non-hydrogen) atoms. The Morgan fingerprint density at radius 2 is 1.80 bits per heavy atom. The first-order valence-corrected chi connectivity index (χ1v) is 5.36. The Labute approximate surface area is 87.9 Å². The second kappa shape index (κ2) is 3.79. The Bertz CT molecular complexity index is 283. The van der Waals surface area contributed by atoms with Crippen LogP contribution in [0.3, 0.4) is 0 Å². The van der Waals surface area contributed by atoms with Crippen molar-refractivity contribution in [3.63, 3.8) is 0 Å². The third kappa shape index (κ3) is 1.60. The highest BCUT2D eigenvalue weighted by Crippen LogP contribution is 2.46. The van der Waals surface area contributed by atoms with Crippen molar-refractivity contribution >= 4 is 5.97 Å². The molecule has 84 valence electrons. The predicted molar refractivity (Wildman–Crippen MR) is 51.7 cm³/mol. The van der Waals surface area contributed by atoms with Gasteiger partial charge >= 0.3 is 5.97 Å². The lowest BCUT2D eigenvalue weighted by atomic mass is 9.62. The molecule has 2 unspecified atom stereocenters. The Kier molecular flexibility index (Phi) is 2.63. The summed E-state index contributed by atoms with van der Waals surface area (Å²) in [5.74, 6) is -0.657. The summed E-state index contributed by atoms with van der Waals surface area (Å²) in [5, 5.41) is 11.0. The first-order valence-electron chi connectivity index (χ1n) is 5.36. The van der Waals surface area contributed by atoms with Gasteiger partial charge < -0.3 is 4.74 Å². The summed E-state index contributed by atoms with van der Waals surface area (Å²) >= 11 is 0. The zero-order valence-corrected chi connectivity index (χ0v) is 8.72. The number of carbonyl (C=O) groups is 1. The highest BCUT2D eigenvalue weighted by Gasteiger charge is 2.54. The van der Waals surface area contributed by atoms with Crippen molar-refractivity contribution < 1.29 is 14.5 Å². The molecule has 0 aromatic carbocycles. The molecule has 0 aromatic heterocycles. The standard InChI is InChI=1S/C10H15NO4/c1-15-10(12)8-6-2-4-7(5-3-6)9(8)11(13)14/h6-9H,2-5H2,1H3. The molecule has 2 bridgehead atoms. The molecule has 5 nitrogen and oxygen atoms in total. The summed E-state index contributed by atoms with van der Waals surface area (Å²) in [4.78, 5) is 22.2. The molecular weight excluding hydrogens is 198 g/mol. The van der Waals surface area contributed by atoms with E-state index >= 15 is 0 Å². The van der Waals surface area contributed by atoms with E-state index in [9.17, 15) is 14.9 Å². The molecule has 3 aliphatic carbocycles. The van der Waals surface area contributed by atoms with Crippen molar-refractivity contribution in [3.8, 4) is 0 Å². The maximum atomic E-state index is 11.5. The van der Waals surface area contributed by atoms with Crippen molar-refractivity contribution in [1.29, 1.82) is 0 Å². The number of nitrogens with zero attached hydrogens (tertiary/aromatic N) is 1. The molecule has 0 spiro atoms. The minimum absolute atomic E-state index is 0.0779. The van der Waals surface area contributed by atoms with Gasteiger partial charge in [0.2, 0.25) is 6.04 Å².